The third-order valence-electron chi connectivity index (χ3n) is 5.65. The molecule has 0 N–H and O–H groups in total. The Balaban J connectivity index is 1.41. The fourth-order valence-corrected chi connectivity index (χ4v) is 5.83. The van der Waals surface area contributed by atoms with E-state index < -0.39 is 16.0 Å². The molecule has 0 aliphatic carbocycles. The number of rotatable bonds is 4. The van der Waals surface area contributed by atoms with Crippen LogP contribution in [0.1, 0.15) is 24.2 Å². The number of fused-ring (bicyclic) bond motifs is 3. The SMILES string of the molecule is C[C@H]1CN(S(=O)(=O)c2cccc(C(=O)Oc3ccc4oc5ccccc5c4c3)c2)C[C@H](C)O1. The van der Waals surface area contributed by atoms with Crippen LogP contribution in [0.5, 0.6) is 5.75 Å². The predicted molar refractivity (Wildman–Crippen MR) is 124 cm³/mol. The smallest absolute Gasteiger partial charge is 0.343 e. The lowest BCUT2D eigenvalue weighted by atomic mass is 10.1. The van der Waals surface area contributed by atoms with Crippen LogP contribution in [0.3, 0.4) is 0 Å². The summed E-state index contributed by atoms with van der Waals surface area (Å²) in [6, 6.07) is 18.7. The molecule has 0 radical (unpaired) electrons. The molecule has 33 heavy (non-hydrogen) atoms. The third-order valence-corrected chi connectivity index (χ3v) is 7.48. The number of para-hydroxylation sites is 1. The molecule has 170 valence electrons. The molecule has 1 aliphatic heterocycles. The molecule has 5 rings (SSSR count). The van der Waals surface area contributed by atoms with Gasteiger partial charge >= 0.3 is 5.97 Å². The molecule has 3 aromatic carbocycles. The fourth-order valence-electron chi connectivity index (χ4n) is 4.19. The molecular weight excluding hydrogens is 442 g/mol. The molecule has 0 bridgehead atoms. The molecule has 0 amide bonds. The number of benzene rings is 3. The Kier molecular flexibility index (Phi) is 5.44. The standard InChI is InChI=1S/C25H23NO6S/c1-16-14-26(15-17(2)30-16)33(28,29)20-7-5-6-18(12-20)25(27)31-19-10-11-24-22(13-19)21-8-3-4-9-23(21)32-24/h3-13,16-17H,14-15H2,1-2H3/t16-,17-/m0/s1. The summed E-state index contributed by atoms with van der Waals surface area (Å²) < 4.78 is 44.7. The van der Waals surface area contributed by atoms with Crippen LogP contribution in [-0.4, -0.2) is 44.0 Å². The Bertz CT molecular complexity index is 1450. The summed E-state index contributed by atoms with van der Waals surface area (Å²) in [6.07, 6.45) is -0.406. The second-order valence-corrected chi connectivity index (χ2v) is 10.2. The second-order valence-electron chi connectivity index (χ2n) is 8.25. The summed E-state index contributed by atoms with van der Waals surface area (Å²) in [7, 11) is -3.77. The zero-order chi connectivity index (χ0) is 23.2. The third kappa shape index (κ3) is 4.13. The number of sulfonamides is 1. The minimum Gasteiger partial charge on any atom is -0.456 e. The highest BCUT2D eigenvalue weighted by Crippen LogP contribution is 2.31. The van der Waals surface area contributed by atoms with Gasteiger partial charge < -0.3 is 13.9 Å². The van der Waals surface area contributed by atoms with E-state index in [4.69, 9.17) is 13.9 Å². The Morgan fingerprint density at radius 3 is 2.42 bits per heavy atom. The second kappa shape index (κ2) is 8.30. The van der Waals surface area contributed by atoms with Crippen LogP contribution in [0.25, 0.3) is 21.9 Å². The Morgan fingerprint density at radius 2 is 1.64 bits per heavy atom. The number of carbonyl (C=O) groups excluding carboxylic acids is 1. The van der Waals surface area contributed by atoms with Crippen molar-refractivity contribution in [3.8, 4) is 5.75 Å². The van der Waals surface area contributed by atoms with Gasteiger partial charge in [-0.2, -0.15) is 4.31 Å². The van der Waals surface area contributed by atoms with Crippen LogP contribution in [0.15, 0.2) is 76.0 Å². The number of ether oxygens (including phenoxy) is 2. The van der Waals surface area contributed by atoms with Crippen LogP contribution in [0.4, 0.5) is 0 Å². The van der Waals surface area contributed by atoms with Crippen molar-refractivity contribution in [2.75, 3.05) is 13.1 Å². The van der Waals surface area contributed by atoms with Gasteiger partial charge in [-0.15, -0.1) is 0 Å². The minimum absolute atomic E-state index is 0.0505. The molecule has 1 aliphatic rings. The monoisotopic (exact) mass is 465 g/mol. The molecule has 1 saturated heterocycles. The van der Waals surface area contributed by atoms with Gasteiger partial charge in [-0.3, -0.25) is 0 Å². The van der Waals surface area contributed by atoms with Crippen molar-refractivity contribution in [2.45, 2.75) is 31.0 Å². The molecule has 8 heteroatoms. The van der Waals surface area contributed by atoms with Gasteiger partial charge in [-0.25, -0.2) is 13.2 Å². The highest BCUT2D eigenvalue weighted by Gasteiger charge is 2.32. The number of esters is 1. The van der Waals surface area contributed by atoms with E-state index in [1.165, 1.54) is 22.5 Å². The van der Waals surface area contributed by atoms with E-state index in [-0.39, 0.29) is 35.8 Å². The maximum absolute atomic E-state index is 13.2. The molecule has 7 nitrogen and oxygen atoms in total. The molecule has 2 heterocycles. The average molecular weight is 466 g/mol. The number of hydrogen-bond donors (Lipinski definition) is 0. The van der Waals surface area contributed by atoms with Crippen LogP contribution >= 0.6 is 0 Å². The number of hydrogen-bond acceptors (Lipinski definition) is 6. The Morgan fingerprint density at radius 1 is 0.909 bits per heavy atom. The van der Waals surface area contributed by atoms with Crippen LogP contribution in [-0.2, 0) is 14.8 Å². The topological polar surface area (TPSA) is 86.1 Å². The van der Waals surface area contributed by atoms with Crippen LogP contribution in [0, 0.1) is 0 Å². The molecule has 4 aromatic rings. The summed E-state index contributed by atoms with van der Waals surface area (Å²) in [5.74, 6) is -0.286. The van der Waals surface area contributed by atoms with E-state index in [1.807, 2.05) is 38.1 Å². The molecule has 0 saturated carbocycles. The largest absolute Gasteiger partial charge is 0.456 e. The van der Waals surface area contributed by atoms with Gasteiger partial charge in [0.25, 0.3) is 0 Å². The molecule has 1 fully saturated rings. The van der Waals surface area contributed by atoms with Gasteiger partial charge in [0, 0.05) is 23.9 Å². The lowest BCUT2D eigenvalue weighted by Gasteiger charge is -2.34. The first-order valence-electron chi connectivity index (χ1n) is 10.7. The normalized spacial score (nSPS) is 19.7. The highest BCUT2D eigenvalue weighted by atomic mass is 32.2. The average Bonchev–Trinajstić information content (AvgIpc) is 3.16. The van der Waals surface area contributed by atoms with Crippen molar-refractivity contribution in [2.24, 2.45) is 0 Å². The van der Waals surface area contributed by atoms with Gasteiger partial charge in [0.05, 0.1) is 22.7 Å². The molecule has 1 aromatic heterocycles. The number of furan rings is 1. The zero-order valence-electron chi connectivity index (χ0n) is 18.2. The Hall–Kier alpha value is -3.20. The van der Waals surface area contributed by atoms with Crippen molar-refractivity contribution in [1.29, 1.82) is 0 Å². The number of morpholine rings is 1. The number of nitrogens with zero attached hydrogens (tertiary/aromatic N) is 1. The van der Waals surface area contributed by atoms with Gasteiger partial charge in [-0.05, 0) is 56.3 Å². The number of carbonyl (C=O) groups is 1. The van der Waals surface area contributed by atoms with Gasteiger partial charge in [0.1, 0.15) is 16.9 Å². The maximum Gasteiger partial charge on any atom is 0.343 e. The van der Waals surface area contributed by atoms with Crippen molar-refractivity contribution < 1.29 is 27.1 Å². The van der Waals surface area contributed by atoms with Crippen molar-refractivity contribution in [1.82, 2.24) is 4.31 Å². The summed E-state index contributed by atoms with van der Waals surface area (Å²) in [6.45, 7) is 4.21. The van der Waals surface area contributed by atoms with E-state index in [0.29, 0.717) is 11.3 Å². The zero-order valence-corrected chi connectivity index (χ0v) is 19.0. The van der Waals surface area contributed by atoms with E-state index in [1.54, 1.807) is 24.3 Å². The van der Waals surface area contributed by atoms with Gasteiger partial charge in [0.2, 0.25) is 10.0 Å². The van der Waals surface area contributed by atoms with E-state index in [0.717, 1.165) is 16.4 Å². The van der Waals surface area contributed by atoms with Crippen molar-refractivity contribution in [3.63, 3.8) is 0 Å². The highest BCUT2D eigenvalue weighted by molar-refractivity contribution is 7.89. The van der Waals surface area contributed by atoms with Crippen molar-refractivity contribution in [3.05, 3.63) is 72.3 Å². The molecular formula is C25H23NO6S. The summed E-state index contributed by atoms with van der Waals surface area (Å²) in [4.78, 5) is 12.9. The lowest BCUT2D eigenvalue weighted by molar-refractivity contribution is -0.0440. The maximum atomic E-state index is 13.2. The molecule has 2 atom stereocenters. The van der Waals surface area contributed by atoms with Crippen LogP contribution in [0.2, 0.25) is 0 Å². The molecule has 0 unspecified atom stereocenters. The summed E-state index contributed by atoms with van der Waals surface area (Å²) >= 11 is 0. The summed E-state index contributed by atoms with van der Waals surface area (Å²) in [5.41, 5.74) is 1.60. The fraction of sp³-hybridized carbons (Fsp3) is 0.240. The van der Waals surface area contributed by atoms with E-state index >= 15 is 0 Å². The van der Waals surface area contributed by atoms with Gasteiger partial charge in [-0.1, -0.05) is 24.3 Å². The van der Waals surface area contributed by atoms with Crippen LogP contribution < -0.4 is 4.74 Å². The first kappa shape index (κ1) is 21.6. The first-order valence-corrected chi connectivity index (χ1v) is 12.1. The van der Waals surface area contributed by atoms with Gasteiger partial charge in [0.15, 0.2) is 0 Å². The quantitative estimate of drug-likeness (QED) is 0.323. The minimum atomic E-state index is -3.77. The first-order chi connectivity index (χ1) is 15.8. The lowest BCUT2D eigenvalue weighted by Crippen LogP contribution is -2.48. The van der Waals surface area contributed by atoms with Crippen molar-refractivity contribution >= 4 is 37.9 Å². The predicted octanol–water partition coefficient (Wildman–Crippen LogP) is 4.60. The Labute approximate surface area is 191 Å². The van der Waals surface area contributed by atoms with E-state index in [9.17, 15) is 13.2 Å². The van der Waals surface area contributed by atoms with E-state index in [2.05, 4.69) is 0 Å². The molecule has 0 spiro atoms. The summed E-state index contributed by atoms with van der Waals surface area (Å²) in [5, 5.41) is 1.76.